The highest BCUT2D eigenvalue weighted by Gasteiger charge is 2.25. The van der Waals surface area contributed by atoms with Crippen LogP contribution in [0.15, 0.2) is 47.1 Å². The zero-order chi connectivity index (χ0) is 20.4. The fraction of sp³-hybridized carbons (Fsp3) is 0.318. The molecule has 29 heavy (non-hydrogen) atoms. The third-order valence-corrected chi connectivity index (χ3v) is 5.07. The number of nitrogens with zero attached hydrogens (tertiary/aromatic N) is 4. The van der Waals surface area contributed by atoms with Crippen molar-refractivity contribution in [2.24, 2.45) is 0 Å². The molecule has 2 aromatic heterocycles. The molecule has 7 heteroatoms. The normalized spacial score (nSPS) is 14.2. The van der Waals surface area contributed by atoms with Gasteiger partial charge in [-0.2, -0.15) is 4.98 Å². The Hall–Kier alpha value is -3.35. The van der Waals surface area contributed by atoms with Gasteiger partial charge in [0.2, 0.25) is 5.95 Å². The first kappa shape index (κ1) is 19.0. The van der Waals surface area contributed by atoms with Gasteiger partial charge in [0.1, 0.15) is 5.82 Å². The number of hydrogen-bond donors (Lipinski definition) is 1. The maximum Gasteiger partial charge on any atom is 0.289 e. The van der Waals surface area contributed by atoms with E-state index in [4.69, 9.17) is 9.40 Å². The van der Waals surface area contributed by atoms with E-state index in [0.29, 0.717) is 37.9 Å². The lowest BCUT2D eigenvalue weighted by Gasteiger charge is -2.34. The summed E-state index contributed by atoms with van der Waals surface area (Å²) in [6, 6.07) is 11.7. The molecule has 0 unspecified atom stereocenters. The Balaban J connectivity index is 1.46. The van der Waals surface area contributed by atoms with Crippen LogP contribution in [0.2, 0.25) is 0 Å². The number of furan rings is 1. The van der Waals surface area contributed by atoms with Gasteiger partial charge in [-0.15, -0.1) is 0 Å². The Morgan fingerprint density at radius 3 is 2.52 bits per heavy atom. The number of carbonyl (C=O) groups excluding carboxylic acids is 1. The second kappa shape index (κ2) is 7.95. The van der Waals surface area contributed by atoms with Crippen molar-refractivity contribution in [1.29, 1.82) is 0 Å². The average Bonchev–Trinajstić information content (AvgIpc) is 3.24. The van der Waals surface area contributed by atoms with E-state index in [9.17, 15) is 4.79 Å². The SMILES string of the molecule is Cc1ccc(Nc2cc(C)nc(N3CCN(C(=O)c4ccco4)CC3)n2)c(C)c1. The molecule has 0 atom stereocenters. The van der Waals surface area contributed by atoms with Gasteiger partial charge in [0, 0.05) is 43.6 Å². The van der Waals surface area contributed by atoms with Gasteiger partial charge < -0.3 is 19.5 Å². The monoisotopic (exact) mass is 391 g/mol. The maximum atomic E-state index is 12.4. The Bertz CT molecular complexity index is 1010. The van der Waals surface area contributed by atoms with Crippen LogP contribution in [0.1, 0.15) is 27.4 Å². The van der Waals surface area contributed by atoms with Crippen molar-refractivity contribution in [3.8, 4) is 0 Å². The number of aryl methyl sites for hydroxylation is 3. The minimum atomic E-state index is -0.0722. The van der Waals surface area contributed by atoms with Crippen LogP contribution >= 0.6 is 0 Å². The molecule has 3 aromatic rings. The molecule has 0 aliphatic carbocycles. The first-order valence-electron chi connectivity index (χ1n) is 9.77. The standard InChI is InChI=1S/C22H25N5O2/c1-15-6-7-18(16(2)13-15)24-20-14-17(3)23-22(25-20)27-10-8-26(9-11-27)21(28)19-5-4-12-29-19/h4-7,12-14H,8-11H2,1-3H3,(H,23,24,25). The summed E-state index contributed by atoms with van der Waals surface area (Å²) in [7, 11) is 0. The third kappa shape index (κ3) is 4.23. The number of carbonyl (C=O) groups is 1. The number of hydrogen-bond acceptors (Lipinski definition) is 6. The van der Waals surface area contributed by atoms with E-state index in [0.717, 1.165) is 17.2 Å². The molecule has 0 radical (unpaired) electrons. The van der Waals surface area contributed by atoms with Crippen LogP contribution in [0.5, 0.6) is 0 Å². The summed E-state index contributed by atoms with van der Waals surface area (Å²) in [6.45, 7) is 8.71. The summed E-state index contributed by atoms with van der Waals surface area (Å²) in [5.41, 5.74) is 4.34. The molecule has 1 aliphatic heterocycles. The molecule has 4 rings (SSSR count). The van der Waals surface area contributed by atoms with E-state index in [2.05, 4.69) is 47.2 Å². The van der Waals surface area contributed by atoms with Crippen LogP contribution in [0.4, 0.5) is 17.5 Å². The van der Waals surface area contributed by atoms with E-state index in [1.165, 1.54) is 17.4 Å². The van der Waals surface area contributed by atoms with Gasteiger partial charge in [-0.1, -0.05) is 17.7 Å². The van der Waals surface area contributed by atoms with E-state index >= 15 is 0 Å². The number of aromatic nitrogens is 2. The summed E-state index contributed by atoms with van der Waals surface area (Å²) in [5.74, 6) is 1.76. The van der Waals surface area contributed by atoms with Crippen molar-refractivity contribution in [3.05, 3.63) is 65.2 Å². The molecule has 1 aliphatic rings. The van der Waals surface area contributed by atoms with E-state index in [-0.39, 0.29) is 5.91 Å². The average molecular weight is 391 g/mol. The fourth-order valence-corrected chi connectivity index (χ4v) is 3.52. The fourth-order valence-electron chi connectivity index (χ4n) is 3.52. The van der Waals surface area contributed by atoms with Crippen molar-refractivity contribution in [2.45, 2.75) is 20.8 Å². The Morgan fingerprint density at radius 1 is 1.03 bits per heavy atom. The zero-order valence-corrected chi connectivity index (χ0v) is 17.0. The summed E-state index contributed by atoms with van der Waals surface area (Å²) in [6.07, 6.45) is 1.52. The van der Waals surface area contributed by atoms with E-state index < -0.39 is 0 Å². The molecule has 7 nitrogen and oxygen atoms in total. The van der Waals surface area contributed by atoms with Crippen LogP contribution in [-0.2, 0) is 0 Å². The van der Waals surface area contributed by atoms with Crippen molar-refractivity contribution >= 4 is 23.4 Å². The summed E-state index contributed by atoms with van der Waals surface area (Å²) in [5, 5.41) is 3.41. The lowest BCUT2D eigenvalue weighted by molar-refractivity contribution is 0.0714. The second-order valence-corrected chi connectivity index (χ2v) is 7.39. The van der Waals surface area contributed by atoms with E-state index in [1.54, 1.807) is 17.0 Å². The highest BCUT2D eigenvalue weighted by atomic mass is 16.3. The molecule has 1 amide bonds. The summed E-state index contributed by atoms with van der Waals surface area (Å²) in [4.78, 5) is 25.7. The van der Waals surface area contributed by atoms with Crippen LogP contribution in [0.3, 0.4) is 0 Å². The maximum absolute atomic E-state index is 12.4. The Kier molecular flexibility index (Phi) is 5.20. The molecule has 150 valence electrons. The predicted octanol–water partition coefficient (Wildman–Crippen LogP) is 3.70. The quantitative estimate of drug-likeness (QED) is 0.731. The molecule has 1 aromatic carbocycles. The Labute approximate surface area is 170 Å². The Morgan fingerprint density at radius 2 is 1.83 bits per heavy atom. The molecule has 1 N–H and O–H groups in total. The van der Waals surface area contributed by atoms with Gasteiger partial charge in [0.05, 0.1) is 6.26 Å². The zero-order valence-electron chi connectivity index (χ0n) is 17.0. The molecule has 0 saturated carbocycles. The first-order chi connectivity index (χ1) is 14.0. The number of amides is 1. The molecule has 1 saturated heterocycles. The lowest BCUT2D eigenvalue weighted by Crippen LogP contribution is -2.49. The number of nitrogens with one attached hydrogen (secondary N) is 1. The van der Waals surface area contributed by atoms with Gasteiger partial charge in [-0.25, -0.2) is 4.98 Å². The van der Waals surface area contributed by atoms with Gasteiger partial charge in [0.15, 0.2) is 5.76 Å². The van der Waals surface area contributed by atoms with E-state index in [1.807, 2.05) is 13.0 Å². The van der Waals surface area contributed by atoms with Crippen LogP contribution in [-0.4, -0.2) is 47.0 Å². The van der Waals surface area contributed by atoms with Gasteiger partial charge in [-0.3, -0.25) is 4.79 Å². The largest absolute Gasteiger partial charge is 0.459 e. The summed E-state index contributed by atoms with van der Waals surface area (Å²) < 4.78 is 5.23. The van der Waals surface area contributed by atoms with Crippen molar-refractivity contribution in [2.75, 3.05) is 36.4 Å². The van der Waals surface area contributed by atoms with Crippen LogP contribution < -0.4 is 10.2 Å². The number of piperazine rings is 1. The number of anilines is 3. The molecule has 0 spiro atoms. The summed E-state index contributed by atoms with van der Waals surface area (Å²) >= 11 is 0. The lowest BCUT2D eigenvalue weighted by atomic mass is 10.1. The van der Waals surface area contributed by atoms with Crippen molar-refractivity contribution in [1.82, 2.24) is 14.9 Å². The molecule has 0 bridgehead atoms. The molecule has 1 fully saturated rings. The van der Waals surface area contributed by atoms with Crippen molar-refractivity contribution < 1.29 is 9.21 Å². The minimum Gasteiger partial charge on any atom is -0.459 e. The molecular formula is C22H25N5O2. The third-order valence-electron chi connectivity index (χ3n) is 5.07. The first-order valence-corrected chi connectivity index (χ1v) is 9.77. The topological polar surface area (TPSA) is 74.5 Å². The van der Waals surface area contributed by atoms with Crippen LogP contribution in [0, 0.1) is 20.8 Å². The van der Waals surface area contributed by atoms with Gasteiger partial charge in [-0.05, 0) is 44.5 Å². The second-order valence-electron chi connectivity index (χ2n) is 7.39. The smallest absolute Gasteiger partial charge is 0.289 e. The molecule has 3 heterocycles. The van der Waals surface area contributed by atoms with Gasteiger partial charge >= 0.3 is 0 Å². The van der Waals surface area contributed by atoms with Gasteiger partial charge in [0.25, 0.3) is 5.91 Å². The minimum absolute atomic E-state index is 0.0722. The molecular weight excluding hydrogens is 366 g/mol. The number of benzene rings is 1. The van der Waals surface area contributed by atoms with Crippen LogP contribution in [0.25, 0.3) is 0 Å². The number of rotatable bonds is 4. The predicted molar refractivity (Wildman–Crippen MR) is 113 cm³/mol. The van der Waals surface area contributed by atoms with Crippen molar-refractivity contribution in [3.63, 3.8) is 0 Å². The highest BCUT2D eigenvalue weighted by Crippen LogP contribution is 2.23. The highest BCUT2D eigenvalue weighted by molar-refractivity contribution is 5.91.